The van der Waals surface area contributed by atoms with Crippen LogP contribution in [0.1, 0.15) is 48.2 Å². The van der Waals surface area contributed by atoms with Gasteiger partial charge in [-0.05, 0) is 35.4 Å². The lowest BCUT2D eigenvalue weighted by Crippen LogP contribution is -2.42. The van der Waals surface area contributed by atoms with Crippen LogP contribution in [0.15, 0.2) is 35.7 Å². The summed E-state index contributed by atoms with van der Waals surface area (Å²) in [6.07, 6.45) is 0. The molecule has 0 saturated carbocycles. The fraction of sp³-hybridized carbons (Fsp3) is 0.300. The van der Waals surface area contributed by atoms with Gasteiger partial charge < -0.3 is 16.4 Å². The van der Waals surface area contributed by atoms with Gasteiger partial charge in [0.1, 0.15) is 17.1 Å². The minimum atomic E-state index is -1.26. The molecule has 2 heterocycles. The SMILES string of the molecule is CC(C)c1ccc([C@@]2(C)NC(=O)N(CC(=O)Nc3sccc3C(N)=O)C2=O)cc1. The number of benzene rings is 1. The smallest absolute Gasteiger partial charge is 0.325 e. The van der Waals surface area contributed by atoms with Crippen LogP contribution in [0.4, 0.5) is 9.80 Å². The van der Waals surface area contributed by atoms with Crippen molar-refractivity contribution in [2.45, 2.75) is 32.2 Å². The number of primary amides is 1. The molecular formula is C20H22N4O4S. The lowest BCUT2D eigenvalue weighted by molar-refractivity contribution is -0.133. The first-order valence-electron chi connectivity index (χ1n) is 9.05. The molecule has 3 rings (SSSR count). The maximum atomic E-state index is 13.0. The monoisotopic (exact) mass is 414 g/mol. The molecule has 1 saturated heterocycles. The van der Waals surface area contributed by atoms with Crippen molar-refractivity contribution in [3.63, 3.8) is 0 Å². The summed E-state index contributed by atoms with van der Waals surface area (Å²) in [5.41, 5.74) is 5.93. The Labute approximate surface area is 172 Å². The van der Waals surface area contributed by atoms with Crippen molar-refractivity contribution in [1.29, 1.82) is 0 Å². The molecule has 29 heavy (non-hydrogen) atoms. The zero-order valence-corrected chi connectivity index (χ0v) is 17.1. The van der Waals surface area contributed by atoms with Gasteiger partial charge in [0.15, 0.2) is 0 Å². The van der Waals surface area contributed by atoms with Crippen LogP contribution < -0.4 is 16.4 Å². The molecule has 8 nitrogen and oxygen atoms in total. The highest BCUT2D eigenvalue weighted by molar-refractivity contribution is 7.14. The summed E-state index contributed by atoms with van der Waals surface area (Å²) >= 11 is 1.13. The molecule has 0 unspecified atom stereocenters. The van der Waals surface area contributed by atoms with Crippen LogP contribution in [0.5, 0.6) is 0 Å². The van der Waals surface area contributed by atoms with Crippen molar-refractivity contribution in [2.24, 2.45) is 5.73 Å². The Bertz CT molecular complexity index is 983. The minimum absolute atomic E-state index is 0.177. The number of anilines is 1. The van der Waals surface area contributed by atoms with Crippen molar-refractivity contribution in [3.8, 4) is 0 Å². The number of rotatable bonds is 6. The van der Waals surface area contributed by atoms with Crippen molar-refractivity contribution >= 4 is 40.1 Å². The van der Waals surface area contributed by atoms with Crippen LogP contribution in [0.2, 0.25) is 0 Å². The van der Waals surface area contributed by atoms with Crippen LogP contribution in [-0.2, 0) is 15.1 Å². The molecule has 1 fully saturated rings. The van der Waals surface area contributed by atoms with Gasteiger partial charge >= 0.3 is 6.03 Å². The summed E-state index contributed by atoms with van der Waals surface area (Å²) in [5, 5.41) is 7.10. The summed E-state index contributed by atoms with van der Waals surface area (Å²) in [7, 11) is 0. The Balaban J connectivity index is 1.75. The van der Waals surface area contributed by atoms with Crippen molar-refractivity contribution in [3.05, 3.63) is 52.4 Å². The van der Waals surface area contributed by atoms with E-state index in [9.17, 15) is 19.2 Å². The molecule has 1 aliphatic heterocycles. The molecule has 0 spiro atoms. The third-order valence-electron chi connectivity index (χ3n) is 4.92. The highest BCUT2D eigenvalue weighted by Gasteiger charge is 2.49. The number of hydrogen-bond acceptors (Lipinski definition) is 5. The summed E-state index contributed by atoms with van der Waals surface area (Å²) in [6, 6.07) is 8.30. The number of hydrogen-bond donors (Lipinski definition) is 3. The summed E-state index contributed by atoms with van der Waals surface area (Å²) in [5.74, 6) is -1.45. The Kier molecular flexibility index (Phi) is 5.43. The van der Waals surface area contributed by atoms with Gasteiger partial charge in [-0.25, -0.2) is 4.79 Å². The molecule has 5 amide bonds. The van der Waals surface area contributed by atoms with E-state index in [0.717, 1.165) is 21.8 Å². The molecule has 4 N–H and O–H groups in total. The van der Waals surface area contributed by atoms with Gasteiger partial charge in [0.25, 0.3) is 11.8 Å². The number of nitrogens with one attached hydrogen (secondary N) is 2. The molecular weight excluding hydrogens is 392 g/mol. The van der Waals surface area contributed by atoms with Gasteiger partial charge in [-0.1, -0.05) is 38.1 Å². The van der Waals surface area contributed by atoms with Gasteiger partial charge in [-0.2, -0.15) is 0 Å². The standard InChI is InChI=1S/C20H22N4O4S/c1-11(2)12-4-6-13(7-5-12)20(3)18(27)24(19(28)23-20)10-15(25)22-17-14(16(21)26)8-9-29-17/h4-9,11H,10H2,1-3H3,(H2,21,26)(H,22,25)(H,23,28)/t20-/m1/s1. The van der Waals surface area contributed by atoms with Crippen molar-refractivity contribution in [1.82, 2.24) is 10.2 Å². The Morgan fingerprint density at radius 3 is 2.45 bits per heavy atom. The summed E-state index contributed by atoms with van der Waals surface area (Å²) < 4.78 is 0. The van der Waals surface area contributed by atoms with Crippen molar-refractivity contribution < 1.29 is 19.2 Å². The Hall–Kier alpha value is -3.20. The van der Waals surface area contributed by atoms with Crippen LogP contribution >= 0.6 is 11.3 Å². The quantitative estimate of drug-likeness (QED) is 0.628. The molecule has 2 aromatic rings. The van der Waals surface area contributed by atoms with E-state index in [0.29, 0.717) is 11.5 Å². The maximum Gasteiger partial charge on any atom is 0.325 e. The van der Waals surface area contributed by atoms with Crippen LogP contribution in [0, 0.1) is 0 Å². The Morgan fingerprint density at radius 1 is 1.21 bits per heavy atom. The van der Waals surface area contributed by atoms with Gasteiger partial charge in [-0.3, -0.25) is 19.3 Å². The number of thiophene rings is 1. The van der Waals surface area contributed by atoms with E-state index in [4.69, 9.17) is 5.73 Å². The van der Waals surface area contributed by atoms with E-state index in [-0.39, 0.29) is 10.6 Å². The van der Waals surface area contributed by atoms with Gasteiger partial charge in [0.2, 0.25) is 5.91 Å². The van der Waals surface area contributed by atoms with E-state index >= 15 is 0 Å². The third-order valence-corrected chi connectivity index (χ3v) is 5.74. The number of carbonyl (C=O) groups excluding carboxylic acids is 4. The highest BCUT2D eigenvalue weighted by Crippen LogP contribution is 2.30. The number of imide groups is 1. The van der Waals surface area contributed by atoms with Crippen molar-refractivity contribution in [2.75, 3.05) is 11.9 Å². The second-order valence-corrected chi connectivity index (χ2v) is 8.22. The molecule has 0 bridgehead atoms. The van der Waals surface area contributed by atoms with Crippen LogP contribution in [0.25, 0.3) is 0 Å². The van der Waals surface area contributed by atoms with Gasteiger partial charge in [0.05, 0.1) is 5.56 Å². The number of amides is 5. The van der Waals surface area contributed by atoms with Gasteiger partial charge in [-0.15, -0.1) is 11.3 Å². The normalized spacial score (nSPS) is 18.8. The van der Waals surface area contributed by atoms with E-state index in [2.05, 4.69) is 24.5 Å². The van der Waals surface area contributed by atoms with E-state index in [1.807, 2.05) is 24.3 Å². The topological polar surface area (TPSA) is 122 Å². The van der Waals surface area contributed by atoms with E-state index < -0.39 is 35.8 Å². The molecule has 1 aromatic carbocycles. The van der Waals surface area contributed by atoms with E-state index in [1.54, 1.807) is 12.3 Å². The first-order valence-corrected chi connectivity index (χ1v) is 9.93. The largest absolute Gasteiger partial charge is 0.366 e. The first-order chi connectivity index (χ1) is 13.6. The average molecular weight is 414 g/mol. The lowest BCUT2D eigenvalue weighted by Gasteiger charge is -2.22. The summed E-state index contributed by atoms with van der Waals surface area (Å²) in [6.45, 7) is 5.27. The molecule has 1 aromatic heterocycles. The second-order valence-electron chi connectivity index (χ2n) is 7.30. The zero-order chi connectivity index (χ0) is 21.3. The summed E-state index contributed by atoms with van der Waals surface area (Å²) in [4.78, 5) is 50.0. The van der Waals surface area contributed by atoms with Crippen LogP contribution in [-0.4, -0.2) is 35.2 Å². The predicted octanol–water partition coefficient (Wildman–Crippen LogP) is 2.38. The number of nitrogens with zero attached hydrogens (tertiary/aromatic N) is 1. The first kappa shape index (κ1) is 20.5. The molecule has 0 aliphatic carbocycles. The van der Waals surface area contributed by atoms with Crippen LogP contribution in [0.3, 0.4) is 0 Å². The third kappa shape index (κ3) is 3.86. The molecule has 9 heteroatoms. The minimum Gasteiger partial charge on any atom is -0.366 e. The average Bonchev–Trinajstić information content (AvgIpc) is 3.21. The number of nitrogens with two attached hydrogens (primary N) is 1. The Morgan fingerprint density at radius 2 is 1.86 bits per heavy atom. The molecule has 1 atom stereocenters. The maximum absolute atomic E-state index is 13.0. The lowest BCUT2D eigenvalue weighted by atomic mass is 9.90. The van der Waals surface area contributed by atoms with E-state index in [1.165, 1.54) is 6.07 Å². The fourth-order valence-corrected chi connectivity index (χ4v) is 3.96. The highest BCUT2D eigenvalue weighted by atomic mass is 32.1. The number of carbonyl (C=O) groups is 4. The second kappa shape index (κ2) is 7.67. The molecule has 0 radical (unpaired) electrons. The van der Waals surface area contributed by atoms with Gasteiger partial charge in [0, 0.05) is 0 Å². The number of urea groups is 1. The zero-order valence-electron chi connectivity index (χ0n) is 16.3. The molecule has 1 aliphatic rings. The molecule has 152 valence electrons. The predicted molar refractivity (Wildman–Crippen MR) is 110 cm³/mol. The fourth-order valence-electron chi connectivity index (χ4n) is 3.15.